The van der Waals surface area contributed by atoms with Crippen molar-refractivity contribution in [1.82, 2.24) is 10.3 Å². The molecule has 3 nitrogen and oxygen atoms in total. The molecule has 20 heavy (non-hydrogen) atoms. The molecule has 1 atom stereocenters. The molecule has 104 valence electrons. The van der Waals surface area contributed by atoms with Crippen LogP contribution in [0.5, 0.6) is 0 Å². The molecule has 0 bridgehead atoms. The highest BCUT2D eigenvalue weighted by molar-refractivity contribution is 6.34. The Morgan fingerprint density at radius 1 is 1.40 bits per heavy atom. The second-order valence-corrected chi connectivity index (χ2v) is 6.47. The quantitative estimate of drug-likeness (QED) is 0.876. The van der Waals surface area contributed by atoms with Crippen LogP contribution in [0.15, 0.2) is 30.5 Å². The molecule has 1 aliphatic rings. The Morgan fingerprint density at radius 3 is 2.70 bits per heavy atom. The number of hydrogen-bond donors (Lipinski definition) is 1. The fourth-order valence-corrected chi connectivity index (χ4v) is 2.79. The molecule has 1 N–H and O–H groups in total. The summed E-state index contributed by atoms with van der Waals surface area (Å²) in [7, 11) is 0. The molecule has 1 aliphatic carbocycles. The third-order valence-electron chi connectivity index (χ3n) is 4.22. The van der Waals surface area contributed by atoms with E-state index >= 15 is 0 Å². The van der Waals surface area contributed by atoms with Gasteiger partial charge in [0.15, 0.2) is 0 Å². The van der Waals surface area contributed by atoms with E-state index in [0.717, 1.165) is 17.3 Å². The lowest BCUT2D eigenvalue weighted by Crippen LogP contribution is -2.26. The first-order valence-corrected chi connectivity index (χ1v) is 7.18. The topological polar surface area (TPSA) is 42.0 Å². The zero-order chi connectivity index (χ0) is 14.3. The maximum atomic E-state index is 12.3. The molecular weight excluding hydrogens is 272 g/mol. The molecule has 4 heteroatoms. The lowest BCUT2D eigenvalue weighted by molar-refractivity contribution is 0.0952. The summed E-state index contributed by atoms with van der Waals surface area (Å²) in [6, 6.07) is 7.58. The normalized spacial score (nSPS) is 19.9. The number of halogens is 1. The Kier molecular flexibility index (Phi) is 3.17. The van der Waals surface area contributed by atoms with Crippen LogP contribution in [-0.2, 0) is 0 Å². The van der Waals surface area contributed by atoms with E-state index in [1.54, 1.807) is 6.20 Å². The first-order chi connectivity index (χ1) is 9.49. The number of benzene rings is 1. The number of nitrogens with one attached hydrogen (secondary N) is 1. The Balaban J connectivity index is 1.83. The van der Waals surface area contributed by atoms with E-state index in [1.807, 2.05) is 24.3 Å². The monoisotopic (exact) mass is 288 g/mol. The van der Waals surface area contributed by atoms with E-state index < -0.39 is 0 Å². The third-order valence-corrected chi connectivity index (χ3v) is 4.52. The fraction of sp³-hybridized carbons (Fsp3) is 0.375. The van der Waals surface area contributed by atoms with E-state index in [1.165, 1.54) is 6.42 Å². The smallest absolute Gasteiger partial charge is 0.253 e. The Hall–Kier alpha value is -1.61. The van der Waals surface area contributed by atoms with Crippen molar-refractivity contribution < 1.29 is 4.79 Å². The largest absolute Gasteiger partial charge is 0.352 e. The predicted molar refractivity (Wildman–Crippen MR) is 81.0 cm³/mol. The summed E-state index contributed by atoms with van der Waals surface area (Å²) < 4.78 is 0. The van der Waals surface area contributed by atoms with Gasteiger partial charge in [-0.2, -0.15) is 0 Å². The van der Waals surface area contributed by atoms with Crippen molar-refractivity contribution in [3.05, 3.63) is 41.2 Å². The average Bonchev–Trinajstić information content (AvgIpc) is 3.04. The minimum Gasteiger partial charge on any atom is -0.352 e. The zero-order valence-corrected chi connectivity index (χ0v) is 12.4. The molecule has 0 spiro atoms. The Bertz CT molecular complexity index is 681. The van der Waals surface area contributed by atoms with Gasteiger partial charge in [0, 0.05) is 18.1 Å². The van der Waals surface area contributed by atoms with E-state index in [0.29, 0.717) is 22.0 Å². The van der Waals surface area contributed by atoms with Gasteiger partial charge in [0.25, 0.3) is 5.91 Å². The van der Waals surface area contributed by atoms with Crippen LogP contribution in [0.4, 0.5) is 0 Å². The van der Waals surface area contributed by atoms with Crippen molar-refractivity contribution in [3.63, 3.8) is 0 Å². The number of nitrogens with zero attached hydrogens (tertiary/aromatic N) is 1. The summed E-state index contributed by atoms with van der Waals surface area (Å²) in [6.45, 7) is 5.18. The van der Waals surface area contributed by atoms with Gasteiger partial charge in [-0.05, 0) is 23.1 Å². The number of fused-ring (bicyclic) bond motifs is 1. The molecule has 1 fully saturated rings. The van der Waals surface area contributed by atoms with Gasteiger partial charge >= 0.3 is 0 Å². The molecule has 1 unspecified atom stereocenters. The van der Waals surface area contributed by atoms with Gasteiger partial charge in [-0.15, -0.1) is 0 Å². The maximum Gasteiger partial charge on any atom is 0.253 e. The summed E-state index contributed by atoms with van der Waals surface area (Å²) in [4.78, 5) is 16.4. The number of carbonyl (C=O) groups is 1. The van der Waals surface area contributed by atoms with Crippen molar-refractivity contribution in [2.45, 2.75) is 20.3 Å². The van der Waals surface area contributed by atoms with Gasteiger partial charge in [-0.25, -0.2) is 4.98 Å². The minimum atomic E-state index is -0.0759. The molecule has 2 aromatic rings. The number of amides is 1. The Labute approximate surface area is 123 Å². The van der Waals surface area contributed by atoms with Crippen LogP contribution in [0.25, 0.3) is 10.8 Å². The van der Waals surface area contributed by atoms with Crippen molar-refractivity contribution >= 4 is 28.3 Å². The zero-order valence-electron chi connectivity index (χ0n) is 11.6. The van der Waals surface area contributed by atoms with Crippen LogP contribution in [0.1, 0.15) is 30.6 Å². The number of hydrogen-bond acceptors (Lipinski definition) is 2. The number of rotatable bonds is 3. The van der Waals surface area contributed by atoms with Gasteiger partial charge in [-0.1, -0.05) is 49.7 Å². The lowest BCUT2D eigenvalue weighted by Gasteiger charge is -2.09. The molecule has 1 aromatic carbocycles. The first kappa shape index (κ1) is 13.4. The molecule has 0 aliphatic heterocycles. The van der Waals surface area contributed by atoms with E-state index in [4.69, 9.17) is 11.6 Å². The number of aromatic nitrogens is 1. The highest BCUT2D eigenvalue weighted by atomic mass is 35.5. The van der Waals surface area contributed by atoms with Gasteiger partial charge in [0.2, 0.25) is 0 Å². The summed E-state index contributed by atoms with van der Waals surface area (Å²) in [5.74, 6) is 0.506. The second kappa shape index (κ2) is 4.74. The van der Waals surface area contributed by atoms with Gasteiger partial charge < -0.3 is 5.32 Å². The summed E-state index contributed by atoms with van der Waals surface area (Å²) >= 11 is 6.07. The van der Waals surface area contributed by atoms with Crippen LogP contribution >= 0.6 is 11.6 Å². The highest BCUT2D eigenvalue weighted by Gasteiger charge is 2.45. The molecular formula is C16H17ClN2O. The van der Waals surface area contributed by atoms with Gasteiger partial charge in [0.05, 0.1) is 5.56 Å². The predicted octanol–water partition coefficient (Wildman–Crippen LogP) is 3.66. The van der Waals surface area contributed by atoms with Crippen molar-refractivity contribution in [2.24, 2.45) is 11.3 Å². The van der Waals surface area contributed by atoms with Crippen molar-refractivity contribution in [1.29, 1.82) is 0 Å². The third kappa shape index (κ3) is 2.38. The highest BCUT2D eigenvalue weighted by Crippen LogP contribution is 2.51. The maximum absolute atomic E-state index is 12.3. The Morgan fingerprint density at radius 2 is 2.05 bits per heavy atom. The van der Waals surface area contributed by atoms with E-state index in [2.05, 4.69) is 24.1 Å². The van der Waals surface area contributed by atoms with Crippen LogP contribution < -0.4 is 5.32 Å². The van der Waals surface area contributed by atoms with E-state index in [9.17, 15) is 4.79 Å². The van der Waals surface area contributed by atoms with Crippen LogP contribution in [0.3, 0.4) is 0 Å². The molecule has 1 aromatic heterocycles. The minimum absolute atomic E-state index is 0.0759. The molecule has 0 radical (unpaired) electrons. The molecule has 0 saturated heterocycles. The number of carbonyl (C=O) groups excluding carboxylic acids is 1. The molecule has 3 rings (SSSR count). The fourth-order valence-electron chi connectivity index (χ4n) is 2.57. The van der Waals surface area contributed by atoms with Crippen LogP contribution in [0.2, 0.25) is 5.15 Å². The first-order valence-electron chi connectivity index (χ1n) is 6.80. The van der Waals surface area contributed by atoms with Gasteiger partial charge in [-0.3, -0.25) is 4.79 Å². The van der Waals surface area contributed by atoms with E-state index in [-0.39, 0.29) is 5.91 Å². The summed E-state index contributed by atoms with van der Waals surface area (Å²) in [6.07, 6.45) is 2.73. The number of pyridine rings is 1. The SMILES string of the molecule is CC1(C)CC1CNC(=O)c1cnc(Cl)c2ccccc12. The van der Waals surface area contributed by atoms with Crippen molar-refractivity contribution in [3.8, 4) is 0 Å². The average molecular weight is 289 g/mol. The molecule has 1 amide bonds. The lowest BCUT2D eigenvalue weighted by atomic mass is 10.1. The second-order valence-electron chi connectivity index (χ2n) is 6.11. The summed E-state index contributed by atoms with van der Waals surface area (Å²) in [5.41, 5.74) is 0.955. The standard InChI is InChI=1S/C16H17ClN2O/c1-16(2)7-10(16)8-19-15(20)13-9-18-14(17)12-6-4-3-5-11(12)13/h3-6,9-10H,7-8H2,1-2H3,(H,19,20). The van der Waals surface area contributed by atoms with Crippen LogP contribution in [-0.4, -0.2) is 17.4 Å². The van der Waals surface area contributed by atoms with Crippen LogP contribution in [0, 0.1) is 11.3 Å². The molecule has 1 heterocycles. The molecule has 1 saturated carbocycles. The van der Waals surface area contributed by atoms with Gasteiger partial charge in [0.1, 0.15) is 5.15 Å². The summed E-state index contributed by atoms with van der Waals surface area (Å²) in [5, 5.41) is 5.10. The van der Waals surface area contributed by atoms with Crippen molar-refractivity contribution in [2.75, 3.05) is 6.54 Å².